The number of hydrogen-bond donors (Lipinski definition) is 1. The Kier molecular flexibility index (Phi) is 3.04. The summed E-state index contributed by atoms with van der Waals surface area (Å²) in [5, 5.41) is 2.40. The molecule has 21 heavy (non-hydrogen) atoms. The van der Waals surface area contributed by atoms with E-state index in [1.165, 1.54) is 6.42 Å². The van der Waals surface area contributed by atoms with Crippen LogP contribution < -0.4 is 5.32 Å². The number of nitrogens with zero attached hydrogens (tertiary/aromatic N) is 1. The smallest absolute Gasteiger partial charge is 0.326 e. The van der Waals surface area contributed by atoms with E-state index in [-0.39, 0.29) is 35.9 Å². The summed E-state index contributed by atoms with van der Waals surface area (Å²) in [6.07, 6.45) is 3.02. The molecule has 2 saturated carbocycles. The number of carbonyl (C=O) groups is 3. The summed E-state index contributed by atoms with van der Waals surface area (Å²) in [7, 11) is 0. The zero-order valence-electron chi connectivity index (χ0n) is 12.8. The number of urea groups is 1. The van der Waals surface area contributed by atoms with Gasteiger partial charge in [-0.25, -0.2) is 4.79 Å². The molecule has 3 fully saturated rings. The van der Waals surface area contributed by atoms with Crippen molar-refractivity contribution in [1.29, 1.82) is 0 Å². The van der Waals surface area contributed by atoms with E-state index in [2.05, 4.69) is 26.1 Å². The molecule has 3 rings (SSSR count). The van der Waals surface area contributed by atoms with E-state index in [4.69, 9.17) is 4.74 Å². The fourth-order valence-electron chi connectivity index (χ4n) is 4.25. The van der Waals surface area contributed by atoms with E-state index >= 15 is 0 Å². The van der Waals surface area contributed by atoms with Crippen molar-refractivity contribution in [3.63, 3.8) is 0 Å². The van der Waals surface area contributed by atoms with Crippen LogP contribution in [-0.4, -0.2) is 42.0 Å². The van der Waals surface area contributed by atoms with Crippen molar-refractivity contribution in [2.45, 2.75) is 46.1 Å². The van der Waals surface area contributed by atoms with Crippen molar-refractivity contribution in [2.24, 2.45) is 16.7 Å². The van der Waals surface area contributed by atoms with Gasteiger partial charge in [-0.1, -0.05) is 20.8 Å². The Morgan fingerprint density at radius 2 is 2.10 bits per heavy atom. The second-order valence-corrected chi connectivity index (χ2v) is 7.23. The number of esters is 1. The molecule has 3 aliphatic rings. The minimum Gasteiger partial charge on any atom is -0.460 e. The van der Waals surface area contributed by atoms with Crippen LogP contribution in [0.25, 0.3) is 0 Å². The first-order valence-corrected chi connectivity index (χ1v) is 7.53. The average Bonchev–Trinajstić information content (AvgIpc) is 2.89. The van der Waals surface area contributed by atoms with Crippen LogP contribution in [-0.2, 0) is 14.3 Å². The Hall–Kier alpha value is -1.59. The first-order valence-electron chi connectivity index (χ1n) is 7.53. The Morgan fingerprint density at radius 3 is 2.57 bits per heavy atom. The number of amides is 3. The quantitative estimate of drug-likeness (QED) is 0.629. The normalized spacial score (nSPS) is 37.0. The molecular weight excluding hydrogens is 272 g/mol. The van der Waals surface area contributed by atoms with Crippen LogP contribution in [0.5, 0.6) is 0 Å². The van der Waals surface area contributed by atoms with Gasteiger partial charge in [0.15, 0.2) is 0 Å². The molecule has 3 unspecified atom stereocenters. The van der Waals surface area contributed by atoms with Crippen LogP contribution in [0.3, 0.4) is 0 Å². The maximum Gasteiger partial charge on any atom is 0.326 e. The summed E-state index contributed by atoms with van der Waals surface area (Å²) < 4.78 is 5.63. The van der Waals surface area contributed by atoms with Gasteiger partial charge in [-0.05, 0) is 30.6 Å². The standard InChI is InChI=1S/C15H22N2O4/c1-14(2)9-4-5-15(14,3)10(6-9)21-12(19)8-17-11(18)7-16-13(17)20/h9-10H,4-8H2,1-3H3,(H,16,20). The largest absolute Gasteiger partial charge is 0.460 e. The first-order chi connectivity index (χ1) is 9.75. The molecule has 6 heteroatoms. The number of imide groups is 1. The number of hydrogen-bond acceptors (Lipinski definition) is 4. The van der Waals surface area contributed by atoms with Crippen LogP contribution in [0.4, 0.5) is 4.79 Å². The second-order valence-electron chi connectivity index (χ2n) is 7.23. The number of rotatable bonds is 3. The number of ether oxygens (including phenoxy) is 1. The van der Waals surface area contributed by atoms with Crippen LogP contribution in [0.2, 0.25) is 0 Å². The van der Waals surface area contributed by atoms with Crippen molar-refractivity contribution in [3.05, 3.63) is 0 Å². The lowest BCUT2D eigenvalue weighted by atomic mass is 9.70. The summed E-state index contributed by atoms with van der Waals surface area (Å²) in [5.74, 6) is -0.288. The Bertz CT molecular complexity index is 500. The molecule has 1 aliphatic heterocycles. The zero-order valence-corrected chi connectivity index (χ0v) is 12.8. The van der Waals surface area contributed by atoms with Gasteiger partial charge in [0.1, 0.15) is 12.6 Å². The van der Waals surface area contributed by atoms with Crippen LogP contribution >= 0.6 is 0 Å². The van der Waals surface area contributed by atoms with Gasteiger partial charge in [0.25, 0.3) is 5.91 Å². The molecule has 2 aliphatic carbocycles. The summed E-state index contributed by atoms with van der Waals surface area (Å²) >= 11 is 0. The number of fused-ring (bicyclic) bond motifs is 2. The molecule has 3 atom stereocenters. The molecule has 0 aromatic carbocycles. The van der Waals surface area contributed by atoms with E-state index in [1.54, 1.807) is 0 Å². The topological polar surface area (TPSA) is 75.7 Å². The van der Waals surface area contributed by atoms with Crippen LogP contribution in [0.1, 0.15) is 40.0 Å². The fraction of sp³-hybridized carbons (Fsp3) is 0.800. The van der Waals surface area contributed by atoms with E-state index in [0.29, 0.717) is 5.92 Å². The maximum absolute atomic E-state index is 12.1. The molecule has 3 amide bonds. The fourth-order valence-corrected chi connectivity index (χ4v) is 4.25. The van der Waals surface area contributed by atoms with E-state index in [1.807, 2.05) is 0 Å². The third-order valence-electron chi connectivity index (χ3n) is 6.21. The van der Waals surface area contributed by atoms with Gasteiger partial charge < -0.3 is 10.1 Å². The Labute approximate surface area is 124 Å². The Morgan fingerprint density at radius 1 is 1.38 bits per heavy atom. The van der Waals surface area contributed by atoms with Gasteiger partial charge in [-0.3, -0.25) is 14.5 Å². The highest BCUT2D eigenvalue weighted by Gasteiger charge is 2.62. The van der Waals surface area contributed by atoms with Gasteiger partial charge >= 0.3 is 12.0 Å². The molecule has 6 nitrogen and oxygen atoms in total. The van der Waals surface area contributed by atoms with Crippen molar-refractivity contribution >= 4 is 17.9 Å². The Balaban J connectivity index is 1.64. The number of carbonyl (C=O) groups excluding carboxylic acids is 3. The summed E-state index contributed by atoms with van der Waals surface area (Å²) in [4.78, 5) is 35.9. The zero-order chi connectivity index (χ0) is 15.4. The maximum atomic E-state index is 12.1. The molecule has 2 bridgehead atoms. The van der Waals surface area contributed by atoms with Crippen molar-refractivity contribution in [2.75, 3.05) is 13.1 Å². The minimum atomic E-state index is -0.517. The minimum absolute atomic E-state index is 0.00932. The van der Waals surface area contributed by atoms with Gasteiger partial charge in [0.2, 0.25) is 0 Å². The van der Waals surface area contributed by atoms with Crippen molar-refractivity contribution < 1.29 is 19.1 Å². The van der Waals surface area contributed by atoms with E-state index in [9.17, 15) is 14.4 Å². The highest BCUT2D eigenvalue weighted by atomic mass is 16.5. The van der Waals surface area contributed by atoms with Crippen LogP contribution in [0, 0.1) is 16.7 Å². The molecule has 1 saturated heterocycles. The van der Waals surface area contributed by atoms with Gasteiger partial charge in [0.05, 0.1) is 6.54 Å². The third kappa shape index (κ3) is 1.95. The lowest BCUT2D eigenvalue weighted by Gasteiger charge is -2.38. The summed E-state index contributed by atoms with van der Waals surface area (Å²) in [6.45, 7) is 6.35. The first kappa shape index (κ1) is 14.4. The lowest BCUT2D eigenvalue weighted by molar-refractivity contribution is -0.158. The summed E-state index contributed by atoms with van der Waals surface area (Å²) in [5.41, 5.74) is 0.156. The molecule has 1 N–H and O–H groups in total. The molecule has 0 spiro atoms. The summed E-state index contributed by atoms with van der Waals surface area (Å²) in [6, 6.07) is -0.517. The van der Waals surface area contributed by atoms with Crippen molar-refractivity contribution in [1.82, 2.24) is 10.2 Å². The molecule has 1 heterocycles. The molecule has 116 valence electrons. The second kappa shape index (κ2) is 4.45. The van der Waals surface area contributed by atoms with Crippen LogP contribution in [0.15, 0.2) is 0 Å². The SMILES string of the molecule is CC1(C)C2CCC1(C)C(OC(=O)CN1C(=O)CNC1=O)C2. The van der Waals surface area contributed by atoms with E-state index in [0.717, 1.165) is 17.7 Å². The molecule has 0 aromatic rings. The molecule has 0 aromatic heterocycles. The number of nitrogens with one attached hydrogen (secondary N) is 1. The van der Waals surface area contributed by atoms with Gasteiger partial charge in [0, 0.05) is 5.41 Å². The predicted molar refractivity (Wildman–Crippen MR) is 74.2 cm³/mol. The van der Waals surface area contributed by atoms with Gasteiger partial charge in [-0.15, -0.1) is 0 Å². The van der Waals surface area contributed by atoms with Crippen molar-refractivity contribution in [3.8, 4) is 0 Å². The lowest BCUT2D eigenvalue weighted by Crippen LogP contribution is -2.42. The highest BCUT2D eigenvalue weighted by Crippen LogP contribution is 2.66. The molecular formula is C15H22N2O4. The molecule has 0 radical (unpaired) electrons. The predicted octanol–water partition coefficient (Wildman–Crippen LogP) is 1.30. The monoisotopic (exact) mass is 294 g/mol. The highest BCUT2D eigenvalue weighted by molar-refractivity contribution is 6.04. The van der Waals surface area contributed by atoms with E-state index < -0.39 is 12.0 Å². The van der Waals surface area contributed by atoms with Gasteiger partial charge in [-0.2, -0.15) is 0 Å². The average molecular weight is 294 g/mol. The third-order valence-corrected chi connectivity index (χ3v) is 6.21.